The van der Waals surface area contributed by atoms with Gasteiger partial charge < -0.3 is 5.11 Å². The number of hydrogen-bond donors (Lipinski definition) is 1. The normalized spacial score (nSPS) is 31.0. The van der Waals surface area contributed by atoms with Crippen LogP contribution in [0.15, 0.2) is 6.20 Å². The molecule has 1 aliphatic rings. The molecule has 1 fully saturated rings. The summed E-state index contributed by atoms with van der Waals surface area (Å²) in [5, 5.41) is 18.3. The molecule has 4 nitrogen and oxygen atoms in total. The fourth-order valence-corrected chi connectivity index (χ4v) is 2.54. The topological polar surface area (TPSA) is 50.9 Å². The second-order valence-electron chi connectivity index (χ2n) is 4.80. The van der Waals surface area contributed by atoms with Gasteiger partial charge in [-0.1, -0.05) is 18.6 Å². The van der Waals surface area contributed by atoms with E-state index in [-0.39, 0.29) is 0 Å². The number of hydrogen-bond acceptors (Lipinski definition) is 3. The first-order valence-electron chi connectivity index (χ1n) is 5.69. The third kappa shape index (κ3) is 2.37. The van der Waals surface area contributed by atoms with Crippen molar-refractivity contribution in [3.8, 4) is 0 Å². The van der Waals surface area contributed by atoms with E-state index in [1.165, 1.54) is 6.42 Å². The molecule has 1 N–H and O–H groups in total. The van der Waals surface area contributed by atoms with Gasteiger partial charge in [0.1, 0.15) is 0 Å². The van der Waals surface area contributed by atoms with Gasteiger partial charge in [-0.2, -0.15) is 0 Å². The molecule has 2 atom stereocenters. The van der Waals surface area contributed by atoms with Crippen LogP contribution in [0.4, 0.5) is 0 Å². The maximum atomic E-state index is 10.4. The first-order valence-corrected chi connectivity index (χ1v) is 5.69. The number of aliphatic hydroxyl groups is 1. The third-order valence-corrected chi connectivity index (χ3v) is 3.42. The Morgan fingerprint density at radius 1 is 1.67 bits per heavy atom. The van der Waals surface area contributed by atoms with Gasteiger partial charge in [-0.25, -0.2) is 0 Å². The molecule has 0 amide bonds. The van der Waals surface area contributed by atoms with Gasteiger partial charge >= 0.3 is 0 Å². The van der Waals surface area contributed by atoms with E-state index >= 15 is 0 Å². The smallest absolute Gasteiger partial charge is 0.0855 e. The maximum Gasteiger partial charge on any atom is 0.0855 e. The van der Waals surface area contributed by atoms with Gasteiger partial charge in [0.05, 0.1) is 11.3 Å². The lowest BCUT2D eigenvalue weighted by Gasteiger charge is -2.21. The molecule has 4 heteroatoms. The molecule has 2 unspecified atom stereocenters. The van der Waals surface area contributed by atoms with Crippen LogP contribution < -0.4 is 0 Å². The van der Waals surface area contributed by atoms with Crippen LogP contribution in [0.1, 0.15) is 38.3 Å². The second-order valence-corrected chi connectivity index (χ2v) is 4.80. The van der Waals surface area contributed by atoms with Gasteiger partial charge in [0.15, 0.2) is 0 Å². The summed E-state index contributed by atoms with van der Waals surface area (Å²) in [7, 11) is 1.85. The van der Waals surface area contributed by atoms with E-state index in [2.05, 4.69) is 17.2 Å². The minimum absolute atomic E-state index is 0.531. The van der Waals surface area contributed by atoms with Gasteiger partial charge in [0, 0.05) is 19.7 Å². The Bertz CT molecular complexity index is 336. The van der Waals surface area contributed by atoms with Crippen molar-refractivity contribution in [2.75, 3.05) is 0 Å². The highest BCUT2D eigenvalue weighted by molar-refractivity contribution is 5.02. The molecular weight excluding hydrogens is 190 g/mol. The van der Waals surface area contributed by atoms with Gasteiger partial charge in [-0.05, 0) is 25.2 Å². The van der Waals surface area contributed by atoms with Crippen molar-refractivity contribution < 1.29 is 5.11 Å². The Morgan fingerprint density at radius 2 is 2.47 bits per heavy atom. The Balaban J connectivity index is 2.00. The van der Waals surface area contributed by atoms with Crippen molar-refractivity contribution in [1.29, 1.82) is 0 Å². The Labute approximate surface area is 90.3 Å². The number of aryl methyl sites for hydroxylation is 1. The van der Waals surface area contributed by atoms with Crippen molar-refractivity contribution in [2.24, 2.45) is 13.0 Å². The van der Waals surface area contributed by atoms with Crippen molar-refractivity contribution in [3.05, 3.63) is 11.9 Å². The average molecular weight is 209 g/mol. The summed E-state index contributed by atoms with van der Waals surface area (Å²) >= 11 is 0. The quantitative estimate of drug-likeness (QED) is 0.816. The molecule has 0 saturated heterocycles. The van der Waals surface area contributed by atoms with Crippen LogP contribution in [-0.2, 0) is 13.5 Å². The Kier molecular flexibility index (Phi) is 2.78. The van der Waals surface area contributed by atoms with E-state index < -0.39 is 5.60 Å². The first-order chi connectivity index (χ1) is 7.11. The van der Waals surface area contributed by atoms with Crippen molar-refractivity contribution >= 4 is 0 Å². The van der Waals surface area contributed by atoms with E-state index in [9.17, 15) is 5.11 Å². The predicted molar refractivity (Wildman–Crippen MR) is 57.3 cm³/mol. The summed E-state index contributed by atoms with van der Waals surface area (Å²) in [6.07, 6.45) is 6.67. The molecule has 1 aromatic rings. The van der Waals surface area contributed by atoms with Crippen LogP contribution in [0, 0.1) is 5.92 Å². The molecule has 0 aromatic carbocycles. The zero-order chi connectivity index (χ0) is 10.9. The van der Waals surface area contributed by atoms with E-state index in [0.29, 0.717) is 12.3 Å². The molecule has 1 heterocycles. The summed E-state index contributed by atoms with van der Waals surface area (Å²) in [5.74, 6) is 0.687. The van der Waals surface area contributed by atoms with Crippen LogP contribution in [0.5, 0.6) is 0 Å². The molecule has 2 rings (SSSR count). The second kappa shape index (κ2) is 3.93. The number of rotatable bonds is 3. The standard InChI is InChI=1S/C11H19N3O/c1-3-9-4-5-11(15,6-9)7-10-8-14(2)13-12-10/h8-9,15H,3-7H2,1-2H3. The van der Waals surface area contributed by atoms with Crippen LogP contribution in [0.25, 0.3) is 0 Å². The highest BCUT2D eigenvalue weighted by Gasteiger charge is 2.37. The maximum absolute atomic E-state index is 10.4. The van der Waals surface area contributed by atoms with Crippen LogP contribution in [0.3, 0.4) is 0 Å². The Hall–Kier alpha value is -0.900. The highest BCUT2D eigenvalue weighted by atomic mass is 16.3. The minimum atomic E-state index is -0.531. The highest BCUT2D eigenvalue weighted by Crippen LogP contribution is 2.38. The lowest BCUT2D eigenvalue weighted by Crippen LogP contribution is -2.28. The van der Waals surface area contributed by atoms with Crippen molar-refractivity contribution in [2.45, 2.75) is 44.6 Å². The summed E-state index contributed by atoms with van der Waals surface area (Å²) in [6.45, 7) is 2.19. The molecule has 1 aromatic heterocycles. The summed E-state index contributed by atoms with van der Waals surface area (Å²) in [4.78, 5) is 0. The average Bonchev–Trinajstić information content (AvgIpc) is 2.74. The Morgan fingerprint density at radius 3 is 3.00 bits per heavy atom. The molecule has 1 saturated carbocycles. The first kappa shape index (κ1) is 10.6. The summed E-state index contributed by atoms with van der Waals surface area (Å²) < 4.78 is 1.69. The van der Waals surface area contributed by atoms with E-state index in [0.717, 1.165) is 25.0 Å². The van der Waals surface area contributed by atoms with Crippen molar-refractivity contribution in [3.63, 3.8) is 0 Å². The van der Waals surface area contributed by atoms with Crippen LogP contribution in [0.2, 0.25) is 0 Å². The van der Waals surface area contributed by atoms with Crippen molar-refractivity contribution in [1.82, 2.24) is 15.0 Å². The van der Waals surface area contributed by atoms with Crippen LogP contribution in [-0.4, -0.2) is 25.7 Å². The summed E-state index contributed by atoms with van der Waals surface area (Å²) in [6, 6.07) is 0. The molecule has 0 spiro atoms. The fourth-order valence-electron chi connectivity index (χ4n) is 2.54. The predicted octanol–water partition coefficient (Wildman–Crippen LogP) is 1.30. The van der Waals surface area contributed by atoms with E-state index in [4.69, 9.17) is 0 Å². The monoisotopic (exact) mass is 209 g/mol. The zero-order valence-corrected chi connectivity index (χ0v) is 9.48. The number of nitrogens with zero attached hydrogens (tertiary/aromatic N) is 3. The number of aromatic nitrogens is 3. The van der Waals surface area contributed by atoms with E-state index in [1.807, 2.05) is 13.2 Å². The molecular formula is C11H19N3O. The molecule has 15 heavy (non-hydrogen) atoms. The minimum Gasteiger partial charge on any atom is -0.389 e. The largest absolute Gasteiger partial charge is 0.389 e. The SMILES string of the molecule is CCC1CCC(O)(Cc2cn(C)nn2)C1. The van der Waals surface area contributed by atoms with Gasteiger partial charge in [-0.3, -0.25) is 4.68 Å². The molecule has 0 radical (unpaired) electrons. The third-order valence-electron chi connectivity index (χ3n) is 3.42. The molecule has 0 bridgehead atoms. The zero-order valence-electron chi connectivity index (χ0n) is 9.48. The van der Waals surface area contributed by atoms with Gasteiger partial charge in [0.25, 0.3) is 0 Å². The van der Waals surface area contributed by atoms with Crippen LogP contribution >= 0.6 is 0 Å². The molecule has 1 aliphatic carbocycles. The van der Waals surface area contributed by atoms with E-state index in [1.54, 1.807) is 4.68 Å². The molecule has 0 aliphatic heterocycles. The van der Waals surface area contributed by atoms with Gasteiger partial charge in [0.2, 0.25) is 0 Å². The molecule has 84 valence electrons. The lowest BCUT2D eigenvalue weighted by molar-refractivity contribution is 0.0427. The fraction of sp³-hybridized carbons (Fsp3) is 0.818. The lowest BCUT2D eigenvalue weighted by atomic mass is 9.94. The summed E-state index contributed by atoms with van der Waals surface area (Å²) in [5.41, 5.74) is 0.369. The van der Waals surface area contributed by atoms with Gasteiger partial charge in [-0.15, -0.1) is 5.10 Å².